The zero-order valence-corrected chi connectivity index (χ0v) is 11.5. The molecular weight excluding hydrogens is 224 g/mol. The van der Waals surface area contributed by atoms with Crippen molar-refractivity contribution in [3.8, 4) is 5.75 Å². The monoisotopic (exact) mass is 246 g/mol. The van der Waals surface area contributed by atoms with Crippen molar-refractivity contribution in [3.05, 3.63) is 30.0 Å². The van der Waals surface area contributed by atoms with E-state index in [-0.39, 0.29) is 0 Å². The van der Waals surface area contributed by atoms with E-state index >= 15 is 0 Å². The van der Waals surface area contributed by atoms with Crippen LogP contribution in [0.3, 0.4) is 0 Å². The van der Waals surface area contributed by atoms with E-state index < -0.39 is 0 Å². The lowest BCUT2D eigenvalue weighted by molar-refractivity contribution is 0.394. The van der Waals surface area contributed by atoms with Crippen molar-refractivity contribution in [1.82, 2.24) is 9.88 Å². The highest BCUT2D eigenvalue weighted by molar-refractivity contribution is 5.81. The van der Waals surface area contributed by atoms with Crippen LogP contribution in [-0.4, -0.2) is 37.6 Å². The standard InChI is InChI=1S/C15H22N2O/c1-17(2)9-5-4-6-13-10-12-11-14(18-3)7-8-15(12)16-13/h7-8,10-11,16H,4-6,9H2,1-3H3. The molecule has 0 aliphatic rings. The van der Waals surface area contributed by atoms with E-state index in [4.69, 9.17) is 4.74 Å². The molecule has 98 valence electrons. The van der Waals surface area contributed by atoms with Crippen LogP contribution in [0.15, 0.2) is 24.3 Å². The number of nitrogens with zero attached hydrogens (tertiary/aromatic N) is 1. The number of aryl methyl sites for hydroxylation is 1. The maximum absolute atomic E-state index is 5.24. The summed E-state index contributed by atoms with van der Waals surface area (Å²) >= 11 is 0. The van der Waals surface area contributed by atoms with Gasteiger partial charge in [-0.25, -0.2) is 0 Å². The van der Waals surface area contributed by atoms with Crippen molar-refractivity contribution in [2.24, 2.45) is 0 Å². The second-order valence-electron chi connectivity index (χ2n) is 5.01. The highest BCUT2D eigenvalue weighted by Crippen LogP contribution is 2.22. The summed E-state index contributed by atoms with van der Waals surface area (Å²) in [5, 5.41) is 1.23. The summed E-state index contributed by atoms with van der Waals surface area (Å²) in [5.74, 6) is 0.917. The molecule has 0 aliphatic heterocycles. The molecule has 1 aromatic heterocycles. The Balaban J connectivity index is 1.97. The third-order valence-corrected chi connectivity index (χ3v) is 3.19. The fourth-order valence-corrected chi connectivity index (χ4v) is 2.18. The van der Waals surface area contributed by atoms with E-state index in [0.29, 0.717) is 0 Å². The average molecular weight is 246 g/mol. The summed E-state index contributed by atoms with van der Waals surface area (Å²) in [6.45, 7) is 1.16. The van der Waals surface area contributed by atoms with Gasteiger partial charge in [-0.3, -0.25) is 0 Å². The van der Waals surface area contributed by atoms with Crippen LogP contribution in [0, 0.1) is 0 Å². The van der Waals surface area contributed by atoms with Gasteiger partial charge in [0.2, 0.25) is 0 Å². The molecule has 3 nitrogen and oxygen atoms in total. The highest BCUT2D eigenvalue weighted by atomic mass is 16.5. The fraction of sp³-hybridized carbons (Fsp3) is 0.467. The molecule has 0 saturated heterocycles. The quantitative estimate of drug-likeness (QED) is 0.793. The van der Waals surface area contributed by atoms with E-state index in [2.05, 4.69) is 42.2 Å². The topological polar surface area (TPSA) is 28.3 Å². The number of methoxy groups -OCH3 is 1. The fourth-order valence-electron chi connectivity index (χ4n) is 2.18. The molecule has 0 fully saturated rings. The Morgan fingerprint density at radius 1 is 1.17 bits per heavy atom. The number of unbranched alkanes of at least 4 members (excludes halogenated alkanes) is 1. The molecule has 0 radical (unpaired) electrons. The van der Waals surface area contributed by atoms with Crippen molar-refractivity contribution < 1.29 is 4.74 Å². The Labute approximate surface area is 109 Å². The second kappa shape index (κ2) is 5.91. The summed E-state index contributed by atoms with van der Waals surface area (Å²) in [7, 11) is 5.94. The summed E-state index contributed by atoms with van der Waals surface area (Å²) < 4.78 is 5.24. The number of fused-ring (bicyclic) bond motifs is 1. The summed E-state index contributed by atoms with van der Waals surface area (Å²) in [6, 6.07) is 8.38. The highest BCUT2D eigenvalue weighted by Gasteiger charge is 2.02. The Morgan fingerprint density at radius 2 is 2.00 bits per heavy atom. The first-order chi connectivity index (χ1) is 8.69. The predicted molar refractivity (Wildman–Crippen MR) is 76.3 cm³/mol. The lowest BCUT2D eigenvalue weighted by Crippen LogP contribution is -2.12. The Morgan fingerprint density at radius 3 is 2.72 bits per heavy atom. The second-order valence-corrected chi connectivity index (χ2v) is 5.01. The van der Waals surface area contributed by atoms with Crippen molar-refractivity contribution in [2.75, 3.05) is 27.7 Å². The number of aromatic amines is 1. The number of H-pyrrole nitrogens is 1. The van der Waals surface area contributed by atoms with Gasteiger partial charge in [0.05, 0.1) is 7.11 Å². The first-order valence-electron chi connectivity index (χ1n) is 6.49. The van der Waals surface area contributed by atoms with E-state index in [1.165, 1.54) is 29.4 Å². The molecule has 2 rings (SSSR count). The van der Waals surface area contributed by atoms with Crippen LogP contribution < -0.4 is 4.74 Å². The Kier molecular flexibility index (Phi) is 4.26. The third kappa shape index (κ3) is 3.26. The van der Waals surface area contributed by atoms with Gasteiger partial charge in [-0.05, 0) is 64.2 Å². The molecule has 2 aromatic rings. The molecule has 0 atom stereocenters. The van der Waals surface area contributed by atoms with Crippen LogP contribution in [0.1, 0.15) is 18.5 Å². The van der Waals surface area contributed by atoms with Crippen LogP contribution in [0.25, 0.3) is 10.9 Å². The SMILES string of the molecule is COc1ccc2[nH]c(CCCCN(C)C)cc2c1. The van der Waals surface area contributed by atoms with Gasteiger partial charge < -0.3 is 14.6 Å². The normalized spacial score (nSPS) is 11.3. The molecule has 0 saturated carbocycles. The van der Waals surface area contributed by atoms with Gasteiger partial charge in [0.15, 0.2) is 0 Å². The van der Waals surface area contributed by atoms with Crippen LogP contribution in [0.5, 0.6) is 5.75 Å². The molecule has 0 unspecified atom stereocenters. The zero-order chi connectivity index (χ0) is 13.0. The minimum Gasteiger partial charge on any atom is -0.497 e. The Bertz CT molecular complexity index is 502. The van der Waals surface area contributed by atoms with Gasteiger partial charge in [-0.1, -0.05) is 0 Å². The average Bonchev–Trinajstić information content (AvgIpc) is 2.75. The van der Waals surface area contributed by atoms with Crippen LogP contribution in [-0.2, 0) is 6.42 Å². The van der Waals surface area contributed by atoms with E-state index in [0.717, 1.165) is 18.7 Å². The molecule has 0 amide bonds. The number of benzene rings is 1. The van der Waals surface area contributed by atoms with Crippen molar-refractivity contribution in [2.45, 2.75) is 19.3 Å². The first-order valence-corrected chi connectivity index (χ1v) is 6.49. The molecule has 3 heteroatoms. The van der Waals surface area contributed by atoms with Crippen LogP contribution >= 0.6 is 0 Å². The van der Waals surface area contributed by atoms with Gasteiger partial charge in [0.25, 0.3) is 0 Å². The minimum absolute atomic E-state index is 0.917. The minimum atomic E-state index is 0.917. The Hall–Kier alpha value is -1.48. The number of nitrogens with one attached hydrogen (secondary N) is 1. The molecule has 0 spiro atoms. The van der Waals surface area contributed by atoms with Gasteiger partial charge in [0.1, 0.15) is 5.75 Å². The number of aromatic nitrogens is 1. The molecular formula is C15H22N2O. The molecule has 0 bridgehead atoms. The maximum Gasteiger partial charge on any atom is 0.119 e. The number of rotatable bonds is 6. The lowest BCUT2D eigenvalue weighted by atomic mass is 10.2. The molecule has 18 heavy (non-hydrogen) atoms. The summed E-state index contributed by atoms with van der Waals surface area (Å²) in [4.78, 5) is 5.70. The van der Waals surface area contributed by atoms with Gasteiger partial charge in [-0.2, -0.15) is 0 Å². The van der Waals surface area contributed by atoms with Crippen molar-refractivity contribution >= 4 is 10.9 Å². The maximum atomic E-state index is 5.24. The van der Waals surface area contributed by atoms with E-state index in [9.17, 15) is 0 Å². The van der Waals surface area contributed by atoms with Gasteiger partial charge >= 0.3 is 0 Å². The van der Waals surface area contributed by atoms with E-state index in [1.54, 1.807) is 7.11 Å². The van der Waals surface area contributed by atoms with Crippen LogP contribution in [0.2, 0.25) is 0 Å². The molecule has 0 aliphatic carbocycles. The molecule has 1 aromatic carbocycles. The largest absolute Gasteiger partial charge is 0.497 e. The van der Waals surface area contributed by atoms with E-state index in [1.807, 2.05) is 6.07 Å². The zero-order valence-electron chi connectivity index (χ0n) is 11.5. The summed E-state index contributed by atoms with van der Waals surface area (Å²) in [5.41, 5.74) is 2.51. The molecule has 1 heterocycles. The third-order valence-electron chi connectivity index (χ3n) is 3.19. The van der Waals surface area contributed by atoms with Crippen LogP contribution in [0.4, 0.5) is 0 Å². The number of hydrogen-bond acceptors (Lipinski definition) is 2. The van der Waals surface area contributed by atoms with Gasteiger partial charge in [0, 0.05) is 16.6 Å². The van der Waals surface area contributed by atoms with Crippen molar-refractivity contribution in [1.29, 1.82) is 0 Å². The lowest BCUT2D eigenvalue weighted by Gasteiger charge is -2.07. The van der Waals surface area contributed by atoms with Gasteiger partial charge in [-0.15, -0.1) is 0 Å². The number of hydrogen-bond donors (Lipinski definition) is 1. The smallest absolute Gasteiger partial charge is 0.119 e. The number of ether oxygens (including phenoxy) is 1. The predicted octanol–water partition coefficient (Wildman–Crippen LogP) is 3.06. The van der Waals surface area contributed by atoms with Crippen molar-refractivity contribution in [3.63, 3.8) is 0 Å². The molecule has 1 N–H and O–H groups in total. The summed E-state index contributed by atoms with van der Waals surface area (Å²) in [6.07, 6.45) is 3.58. The first kappa shape index (κ1) is 13.0.